The van der Waals surface area contributed by atoms with Crippen LogP contribution in [0.25, 0.3) is 0 Å². The van der Waals surface area contributed by atoms with Gasteiger partial charge in [0.2, 0.25) is 0 Å². The van der Waals surface area contributed by atoms with Crippen LogP contribution in [0.1, 0.15) is 55.5 Å². The molecule has 0 radical (unpaired) electrons. The van der Waals surface area contributed by atoms with Crippen LogP contribution in [0.15, 0.2) is 35.1 Å². The van der Waals surface area contributed by atoms with Crippen molar-refractivity contribution >= 4 is 11.3 Å². The Kier molecular flexibility index (Phi) is 4.48. The van der Waals surface area contributed by atoms with Crippen LogP contribution in [0, 0.1) is 0 Å². The molecule has 2 aromatic heterocycles. The predicted molar refractivity (Wildman–Crippen MR) is 81.9 cm³/mol. The van der Waals surface area contributed by atoms with E-state index >= 15 is 0 Å². The molecule has 0 aromatic carbocycles. The number of rotatable bonds is 5. The van der Waals surface area contributed by atoms with Gasteiger partial charge in [-0.15, -0.1) is 11.3 Å². The van der Waals surface area contributed by atoms with Crippen molar-refractivity contribution in [3.05, 3.63) is 46.0 Å². The van der Waals surface area contributed by atoms with Gasteiger partial charge in [-0.25, -0.2) is 0 Å². The standard InChI is InChI=1S/C16H23NOS/c1-5-9-17-15(12-8-10-18-11-12)13-6-7-14(19-13)16(2,3)4/h6-8,10-11,15,17H,5,9H2,1-4H3. The lowest BCUT2D eigenvalue weighted by molar-refractivity contribution is 0.550. The van der Waals surface area contributed by atoms with E-state index in [2.05, 4.69) is 45.1 Å². The van der Waals surface area contributed by atoms with E-state index in [9.17, 15) is 0 Å². The molecular weight excluding hydrogens is 254 g/mol. The van der Waals surface area contributed by atoms with Gasteiger partial charge in [0.25, 0.3) is 0 Å². The minimum Gasteiger partial charge on any atom is -0.472 e. The van der Waals surface area contributed by atoms with Crippen molar-refractivity contribution < 1.29 is 4.42 Å². The molecule has 0 aliphatic rings. The molecule has 0 saturated heterocycles. The van der Waals surface area contributed by atoms with Gasteiger partial charge in [-0.1, -0.05) is 27.7 Å². The van der Waals surface area contributed by atoms with Crippen molar-refractivity contribution in [2.45, 2.75) is 45.6 Å². The summed E-state index contributed by atoms with van der Waals surface area (Å²) in [6.07, 6.45) is 4.71. The van der Waals surface area contributed by atoms with Crippen molar-refractivity contribution in [1.29, 1.82) is 0 Å². The number of thiophene rings is 1. The predicted octanol–water partition coefficient (Wildman–Crippen LogP) is 4.73. The monoisotopic (exact) mass is 277 g/mol. The molecule has 104 valence electrons. The molecule has 2 aromatic rings. The first kappa shape index (κ1) is 14.4. The van der Waals surface area contributed by atoms with E-state index in [1.807, 2.05) is 23.7 Å². The Bertz CT molecular complexity index is 493. The van der Waals surface area contributed by atoms with Crippen LogP contribution in [-0.2, 0) is 5.41 Å². The summed E-state index contributed by atoms with van der Waals surface area (Å²) in [5.41, 5.74) is 1.42. The average Bonchev–Trinajstić information content (AvgIpc) is 2.99. The molecule has 0 fully saturated rings. The van der Waals surface area contributed by atoms with E-state index < -0.39 is 0 Å². The van der Waals surface area contributed by atoms with E-state index in [4.69, 9.17) is 4.42 Å². The van der Waals surface area contributed by atoms with Crippen LogP contribution in [-0.4, -0.2) is 6.54 Å². The van der Waals surface area contributed by atoms with Gasteiger partial charge in [0.1, 0.15) is 0 Å². The highest BCUT2D eigenvalue weighted by atomic mass is 32.1. The highest BCUT2D eigenvalue weighted by molar-refractivity contribution is 7.12. The van der Waals surface area contributed by atoms with Gasteiger partial charge in [-0.3, -0.25) is 0 Å². The molecule has 0 spiro atoms. The van der Waals surface area contributed by atoms with Gasteiger partial charge in [-0.2, -0.15) is 0 Å². The van der Waals surface area contributed by atoms with Gasteiger partial charge >= 0.3 is 0 Å². The second-order valence-corrected chi connectivity index (χ2v) is 7.01. The molecule has 2 nitrogen and oxygen atoms in total. The first-order valence-corrected chi connectivity index (χ1v) is 7.69. The topological polar surface area (TPSA) is 25.2 Å². The summed E-state index contributed by atoms with van der Waals surface area (Å²) >= 11 is 1.89. The molecule has 0 aliphatic heterocycles. The Hall–Kier alpha value is -1.06. The third-order valence-electron chi connectivity index (χ3n) is 3.13. The summed E-state index contributed by atoms with van der Waals surface area (Å²) in [4.78, 5) is 2.79. The maximum atomic E-state index is 5.24. The van der Waals surface area contributed by atoms with Gasteiger partial charge in [0, 0.05) is 15.3 Å². The van der Waals surface area contributed by atoms with E-state index in [-0.39, 0.29) is 11.5 Å². The highest BCUT2D eigenvalue weighted by Gasteiger charge is 2.21. The maximum Gasteiger partial charge on any atom is 0.0954 e. The molecule has 0 bridgehead atoms. The summed E-state index contributed by atoms with van der Waals surface area (Å²) in [6, 6.07) is 6.79. The summed E-state index contributed by atoms with van der Waals surface area (Å²) in [5, 5.41) is 3.60. The smallest absolute Gasteiger partial charge is 0.0954 e. The minimum absolute atomic E-state index is 0.217. The van der Waals surface area contributed by atoms with Crippen LogP contribution in [0.5, 0.6) is 0 Å². The van der Waals surface area contributed by atoms with Crippen LogP contribution in [0.3, 0.4) is 0 Å². The van der Waals surface area contributed by atoms with Gasteiger partial charge in [0.15, 0.2) is 0 Å². The third-order valence-corrected chi connectivity index (χ3v) is 4.70. The molecule has 19 heavy (non-hydrogen) atoms. The molecule has 1 atom stereocenters. The van der Waals surface area contributed by atoms with Crippen LogP contribution in [0.4, 0.5) is 0 Å². The second-order valence-electron chi connectivity index (χ2n) is 5.90. The van der Waals surface area contributed by atoms with Gasteiger partial charge in [0.05, 0.1) is 18.6 Å². The van der Waals surface area contributed by atoms with Crippen LogP contribution in [0.2, 0.25) is 0 Å². The van der Waals surface area contributed by atoms with Gasteiger partial charge in [-0.05, 0) is 36.6 Å². The lowest BCUT2D eigenvalue weighted by Crippen LogP contribution is -2.21. The minimum atomic E-state index is 0.217. The van der Waals surface area contributed by atoms with Crippen LogP contribution < -0.4 is 5.32 Å². The Morgan fingerprint density at radius 1 is 1.26 bits per heavy atom. The van der Waals surface area contributed by atoms with E-state index in [1.54, 1.807) is 6.26 Å². The third kappa shape index (κ3) is 3.48. The zero-order valence-corrected chi connectivity index (χ0v) is 13.0. The fourth-order valence-corrected chi connectivity index (χ4v) is 3.19. The van der Waals surface area contributed by atoms with E-state index in [0.717, 1.165) is 13.0 Å². The zero-order valence-electron chi connectivity index (χ0n) is 12.2. The number of furan rings is 1. The number of hydrogen-bond donors (Lipinski definition) is 1. The molecule has 1 unspecified atom stereocenters. The van der Waals surface area contributed by atoms with Crippen molar-refractivity contribution in [2.75, 3.05) is 6.54 Å². The second kappa shape index (κ2) is 5.93. The molecule has 3 heteroatoms. The Balaban J connectivity index is 2.26. The highest BCUT2D eigenvalue weighted by Crippen LogP contribution is 2.34. The SMILES string of the molecule is CCCNC(c1ccoc1)c1ccc(C(C)(C)C)s1. The largest absolute Gasteiger partial charge is 0.472 e. The molecule has 2 heterocycles. The lowest BCUT2D eigenvalue weighted by atomic mass is 9.95. The Morgan fingerprint density at radius 3 is 2.58 bits per heavy atom. The molecular formula is C16H23NOS. The summed E-state index contributed by atoms with van der Waals surface area (Å²) in [7, 11) is 0. The molecule has 0 saturated carbocycles. The number of nitrogens with one attached hydrogen (secondary N) is 1. The fourth-order valence-electron chi connectivity index (χ4n) is 2.02. The first-order chi connectivity index (χ1) is 9.02. The van der Waals surface area contributed by atoms with Crippen LogP contribution >= 0.6 is 11.3 Å². The van der Waals surface area contributed by atoms with Crippen molar-refractivity contribution in [2.24, 2.45) is 0 Å². The molecule has 1 N–H and O–H groups in total. The van der Waals surface area contributed by atoms with E-state index in [1.165, 1.54) is 15.3 Å². The lowest BCUT2D eigenvalue weighted by Gasteiger charge is -2.17. The Labute approximate surface area is 119 Å². The Morgan fingerprint density at radius 2 is 2.05 bits per heavy atom. The zero-order chi connectivity index (χ0) is 13.9. The summed E-state index contributed by atoms with van der Waals surface area (Å²) < 4.78 is 5.24. The first-order valence-electron chi connectivity index (χ1n) is 6.88. The quantitative estimate of drug-likeness (QED) is 0.855. The van der Waals surface area contributed by atoms with Crippen molar-refractivity contribution in [3.63, 3.8) is 0 Å². The molecule has 0 aliphatic carbocycles. The average molecular weight is 277 g/mol. The van der Waals surface area contributed by atoms with Gasteiger partial charge < -0.3 is 9.73 Å². The molecule has 0 amide bonds. The van der Waals surface area contributed by atoms with E-state index in [0.29, 0.717) is 0 Å². The maximum absolute atomic E-state index is 5.24. The van der Waals surface area contributed by atoms with Crippen molar-refractivity contribution in [3.8, 4) is 0 Å². The number of hydrogen-bond acceptors (Lipinski definition) is 3. The normalized spacial score (nSPS) is 13.7. The summed E-state index contributed by atoms with van der Waals surface area (Å²) in [5.74, 6) is 0. The fraction of sp³-hybridized carbons (Fsp3) is 0.500. The summed E-state index contributed by atoms with van der Waals surface area (Å²) in [6.45, 7) is 9.98. The molecule has 2 rings (SSSR count). The van der Waals surface area contributed by atoms with Crippen molar-refractivity contribution in [1.82, 2.24) is 5.32 Å².